The van der Waals surface area contributed by atoms with Crippen molar-refractivity contribution in [1.82, 2.24) is 0 Å². The summed E-state index contributed by atoms with van der Waals surface area (Å²) in [5, 5.41) is 31.4. The first-order valence-electron chi connectivity index (χ1n) is 29.0. The number of aliphatic hydroxyl groups excluding tert-OH is 2. The van der Waals surface area contributed by atoms with Gasteiger partial charge in [0, 0.05) is 19.3 Å². The number of carboxylic acids is 1. The zero-order valence-electron chi connectivity index (χ0n) is 44.6. The summed E-state index contributed by atoms with van der Waals surface area (Å²) in [7, 11) is 0. The average molecular weight is 983 g/mol. The third kappa shape index (κ3) is 37.2. The smallest absolute Gasteiger partial charge is 0.335 e. The van der Waals surface area contributed by atoms with Crippen LogP contribution < -0.4 is 0 Å². The number of hydrogen-bond acceptors (Lipinski definition) is 11. The normalized spacial score (nSPS) is 18.5. The van der Waals surface area contributed by atoms with E-state index in [0.717, 1.165) is 57.8 Å². The number of carbonyl (C=O) groups is 4. The quantitative estimate of drug-likeness (QED) is 0.0299. The molecule has 69 heavy (non-hydrogen) atoms. The fraction of sp³-hybridized carbons (Fsp3) is 0.930. The number of carbonyl (C=O) groups excluding carboxylic acids is 3. The lowest BCUT2D eigenvalue weighted by Gasteiger charge is -2.40. The van der Waals surface area contributed by atoms with E-state index in [4.69, 9.17) is 23.7 Å². The van der Waals surface area contributed by atoms with Gasteiger partial charge in [-0.25, -0.2) is 4.79 Å². The van der Waals surface area contributed by atoms with E-state index >= 15 is 0 Å². The lowest BCUT2D eigenvalue weighted by atomic mass is 9.98. The Balaban J connectivity index is 2.60. The molecular formula is C57H106O12. The number of carboxylic acid groups (broad SMARTS) is 1. The number of aliphatic hydroxyl groups is 2. The lowest BCUT2D eigenvalue weighted by Crippen LogP contribution is -2.61. The molecule has 6 unspecified atom stereocenters. The first kappa shape index (κ1) is 64.7. The van der Waals surface area contributed by atoms with Gasteiger partial charge in [-0.15, -0.1) is 0 Å². The summed E-state index contributed by atoms with van der Waals surface area (Å²) < 4.78 is 28.3. The van der Waals surface area contributed by atoms with E-state index in [1.807, 2.05) is 0 Å². The molecule has 0 spiro atoms. The zero-order chi connectivity index (χ0) is 50.4. The molecule has 0 radical (unpaired) electrons. The van der Waals surface area contributed by atoms with E-state index in [9.17, 15) is 34.5 Å². The van der Waals surface area contributed by atoms with E-state index in [1.54, 1.807) is 0 Å². The Morgan fingerprint density at radius 1 is 0.420 bits per heavy atom. The highest BCUT2D eigenvalue weighted by atomic mass is 16.7. The van der Waals surface area contributed by atoms with Gasteiger partial charge in [0.1, 0.15) is 18.8 Å². The average Bonchev–Trinajstić information content (AvgIpc) is 3.33. The number of aliphatic carboxylic acids is 1. The lowest BCUT2D eigenvalue weighted by molar-refractivity contribution is -0.301. The topological polar surface area (TPSA) is 175 Å². The molecule has 6 atom stereocenters. The minimum Gasteiger partial charge on any atom is -0.479 e. The van der Waals surface area contributed by atoms with Gasteiger partial charge in [0.2, 0.25) is 0 Å². The van der Waals surface area contributed by atoms with Crippen LogP contribution >= 0.6 is 0 Å². The van der Waals surface area contributed by atoms with Crippen LogP contribution in [0.4, 0.5) is 0 Å². The van der Waals surface area contributed by atoms with Crippen LogP contribution in [0.3, 0.4) is 0 Å². The first-order chi connectivity index (χ1) is 33.6. The highest BCUT2D eigenvalue weighted by Crippen LogP contribution is 2.27. The monoisotopic (exact) mass is 983 g/mol. The van der Waals surface area contributed by atoms with Gasteiger partial charge in [0.25, 0.3) is 0 Å². The van der Waals surface area contributed by atoms with Crippen molar-refractivity contribution in [2.24, 2.45) is 0 Å². The molecule has 1 aliphatic rings. The van der Waals surface area contributed by atoms with Crippen LogP contribution in [0.2, 0.25) is 0 Å². The van der Waals surface area contributed by atoms with Crippen LogP contribution in [0.5, 0.6) is 0 Å². The molecular weight excluding hydrogens is 877 g/mol. The van der Waals surface area contributed by atoms with Crippen LogP contribution in [0.1, 0.15) is 290 Å². The molecule has 1 rings (SSSR count). The number of ether oxygens (including phenoxy) is 5. The summed E-state index contributed by atoms with van der Waals surface area (Å²) in [4.78, 5) is 50.9. The van der Waals surface area contributed by atoms with Crippen LogP contribution in [0.15, 0.2) is 0 Å². The third-order valence-corrected chi connectivity index (χ3v) is 13.7. The van der Waals surface area contributed by atoms with E-state index in [0.29, 0.717) is 19.3 Å². The van der Waals surface area contributed by atoms with Gasteiger partial charge in [-0.2, -0.15) is 0 Å². The summed E-state index contributed by atoms with van der Waals surface area (Å²) in [5.74, 6) is -3.08. The zero-order valence-corrected chi connectivity index (χ0v) is 44.6. The van der Waals surface area contributed by atoms with Gasteiger partial charge >= 0.3 is 23.9 Å². The SMILES string of the molecule is CCCCCCCCCCCCCCCCCCCCCC(=O)OC1C(OCC(COC(=O)CCCCCCCCCCCCC)OC(=O)CCCCCCCCCCC)OC(C(=O)O)C(O)C1O. The second kappa shape index (κ2) is 46.8. The maximum absolute atomic E-state index is 13.0. The van der Waals surface area contributed by atoms with Gasteiger partial charge in [0.15, 0.2) is 24.6 Å². The van der Waals surface area contributed by atoms with Crippen molar-refractivity contribution in [3.63, 3.8) is 0 Å². The first-order valence-corrected chi connectivity index (χ1v) is 29.0. The predicted molar refractivity (Wildman–Crippen MR) is 276 cm³/mol. The number of esters is 3. The second-order valence-corrected chi connectivity index (χ2v) is 20.3. The van der Waals surface area contributed by atoms with Crippen LogP contribution in [0, 0.1) is 0 Å². The minimum absolute atomic E-state index is 0.0709. The molecule has 1 heterocycles. The molecule has 0 amide bonds. The fourth-order valence-corrected chi connectivity index (χ4v) is 9.19. The molecule has 1 aliphatic heterocycles. The molecule has 1 saturated heterocycles. The van der Waals surface area contributed by atoms with E-state index in [-0.39, 0.29) is 25.9 Å². The van der Waals surface area contributed by atoms with Crippen molar-refractivity contribution in [1.29, 1.82) is 0 Å². The van der Waals surface area contributed by atoms with E-state index in [2.05, 4.69) is 20.8 Å². The summed E-state index contributed by atoms with van der Waals surface area (Å²) >= 11 is 0. The van der Waals surface area contributed by atoms with E-state index in [1.165, 1.54) is 173 Å². The Bertz CT molecular complexity index is 1210. The van der Waals surface area contributed by atoms with Crippen LogP contribution in [-0.4, -0.2) is 89.2 Å². The number of hydrogen-bond donors (Lipinski definition) is 3. The molecule has 406 valence electrons. The van der Waals surface area contributed by atoms with Gasteiger partial charge in [-0.05, 0) is 19.3 Å². The van der Waals surface area contributed by atoms with Gasteiger partial charge < -0.3 is 39.0 Å². The van der Waals surface area contributed by atoms with Crippen molar-refractivity contribution in [2.75, 3.05) is 13.2 Å². The maximum atomic E-state index is 13.0. The number of unbranched alkanes of at least 4 members (excludes halogenated alkanes) is 36. The summed E-state index contributed by atoms with van der Waals surface area (Å²) in [5.41, 5.74) is 0. The van der Waals surface area contributed by atoms with Crippen molar-refractivity contribution < 1.29 is 58.2 Å². The molecule has 3 N–H and O–H groups in total. The molecule has 0 bridgehead atoms. The Morgan fingerprint density at radius 3 is 1.09 bits per heavy atom. The Kier molecular flexibility index (Phi) is 43.9. The minimum atomic E-state index is -1.89. The summed E-state index contributed by atoms with van der Waals surface area (Å²) in [6.07, 6.45) is 36.7. The van der Waals surface area contributed by atoms with Crippen molar-refractivity contribution in [3.05, 3.63) is 0 Å². The number of rotatable bonds is 50. The predicted octanol–water partition coefficient (Wildman–Crippen LogP) is 14.3. The Labute approximate surface area is 421 Å². The van der Waals surface area contributed by atoms with Crippen molar-refractivity contribution in [2.45, 2.75) is 327 Å². The van der Waals surface area contributed by atoms with Gasteiger partial charge in [-0.1, -0.05) is 252 Å². The fourth-order valence-electron chi connectivity index (χ4n) is 9.19. The Morgan fingerprint density at radius 2 is 0.739 bits per heavy atom. The highest BCUT2D eigenvalue weighted by molar-refractivity contribution is 5.74. The van der Waals surface area contributed by atoms with Crippen LogP contribution in [0.25, 0.3) is 0 Å². The molecule has 0 aromatic heterocycles. The molecule has 0 aromatic carbocycles. The second-order valence-electron chi connectivity index (χ2n) is 20.3. The van der Waals surface area contributed by atoms with E-state index < -0.39 is 67.3 Å². The van der Waals surface area contributed by atoms with Gasteiger partial charge in [-0.3, -0.25) is 14.4 Å². The molecule has 0 aliphatic carbocycles. The van der Waals surface area contributed by atoms with Crippen molar-refractivity contribution >= 4 is 23.9 Å². The molecule has 0 saturated carbocycles. The molecule has 0 aromatic rings. The molecule has 1 fully saturated rings. The Hall–Kier alpha value is -2.28. The standard InChI is InChI=1S/C57H106O12/c1-4-7-10-13-16-19-21-22-23-24-25-26-27-28-30-33-36-39-42-45-51(60)68-55-53(62)52(61)54(56(63)64)69-57(55)66-47-48(67-50(59)44-41-38-35-31-18-15-12-9-6-3)46-65-49(58)43-40-37-34-32-29-20-17-14-11-8-5-2/h48,52-55,57,61-62H,4-47H2,1-3H3,(H,63,64). The van der Waals surface area contributed by atoms with Crippen LogP contribution in [-0.2, 0) is 42.9 Å². The molecule has 12 heteroatoms. The largest absolute Gasteiger partial charge is 0.479 e. The van der Waals surface area contributed by atoms with Gasteiger partial charge in [0.05, 0.1) is 6.61 Å². The summed E-state index contributed by atoms with van der Waals surface area (Å²) in [6, 6.07) is 0. The summed E-state index contributed by atoms with van der Waals surface area (Å²) in [6.45, 7) is 5.99. The molecule has 12 nitrogen and oxygen atoms in total. The maximum Gasteiger partial charge on any atom is 0.335 e. The highest BCUT2D eigenvalue weighted by Gasteiger charge is 2.50. The third-order valence-electron chi connectivity index (χ3n) is 13.7. The van der Waals surface area contributed by atoms with Crippen molar-refractivity contribution in [3.8, 4) is 0 Å².